The summed E-state index contributed by atoms with van der Waals surface area (Å²) >= 11 is -2.21. The van der Waals surface area contributed by atoms with Gasteiger partial charge in [-0.25, -0.2) is 9.19 Å². The van der Waals surface area contributed by atoms with E-state index in [4.69, 9.17) is 4.74 Å². The number of benzene rings is 2. The van der Waals surface area contributed by atoms with Gasteiger partial charge in [-0.05, 0) is 58.3 Å². The first-order chi connectivity index (χ1) is 19.5. The molecule has 3 rings (SSSR count). The molecule has 12 nitrogen and oxygen atoms in total. The van der Waals surface area contributed by atoms with E-state index >= 15 is 0 Å². The second-order valence-corrected chi connectivity index (χ2v) is 10.5. The van der Waals surface area contributed by atoms with Gasteiger partial charge in [0.25, 0.3) is 11.3 Å². The zero-order chi connectivity index (χ0) is 30.1. The van der Waals surface area contributed by atoms with Crippen molar-refractivity contribution in [3.8, 4) is 5.75 Å². The van der Waals surface area contributed by atoms with Crippen LogP contribution in [0.1, 0.15) is 13.8 Å². The second-order valence-electron chi connectivity index (χ2n) is 9.67. The Balaban J connectivity index is 1.95. The summed E-state index contributed by atoms with van der Waals surface area (Å²) in [5.74, 6) is 0.913. The highest BCUT2D eigenvalue weighted by atomic mass is 32.2. The summed E-state index contributed by atoms with van der Waals surface area (Å²) in [5, 5.41) is 9.28. The predicted octanol–water partition coefficient (Wildman–Crippen LogP) is 4.45. The summed E-state index contributed by atoms with van der Waals surface area (Å²) in [7, 11) is 7.50. The molecule has 0 aliphatic carbocycles. The zero-order valence-electron chi connectivity index (χ0n) is 24.2. The second kappa shape index (κ2) is 14.4. The Bertz CT molecular complexity index is 1380. The first kappa shape index (κ1) is 31.3. The van der Waals surface area contributed by atoms with Gasteiger partial charge >= 0.3 is 0 Å². The van der Waals surface area contributed by atoms with E-state index in [1.165, 1.54) is 10.4 Å². The molecule has 0 aliphatic rings. The number of amides is 1. The largest absolute Gasteiger partial charge is 0.494 e. The third kappa shape index (κ3) is 8.39. The van der Waals surface area contributed by atoms with E-state index in [1.54, 1.807) is 43.6 Å². The fraction of sp³-hybridized carbons (Fsp3) is 0.321. The average Bonchev–Trinajstić information content (AvgIpc) is 2.92. The van der Waals surface area contributed by atoms with E-state index in [0.29, 0.717) is 34.3 Å². The molecule has 3 aromatic rings. The van der Waals surface area contributed by atoms with Crippen molar-refractivity contribution in [1.82, 2.24) is 14.9 Å². The third-order valence-electron chi connectivity index (χ3n) is 6.00. The van der Waals surface area contributed by atoms with Crippen molar-refractivity contribution in [2.24, 2.45) is 0 Å². The summed E-state index contributed by atoms with van der Waals surface area (Å²) in [6, 6.07) is 12.3. The monoisotopic (exact) mass is 582 g/mol. The molecular weight excluding hydrogens is 544 g/mol. The van der Waals surface area contributed by atoms with Crippen molar-refractivity contribution in [2.75, 3.05) is 66.5 Å². The molecular formula is C28H38N8O4S. The number of aromatic nitrogens is 2. The van der Waals surface area contributed by atoms with Crippen molar-refractivity contribution in [3.63, 3.8) is 0 Å². The minimum absolute atomic E-state index is 0.223. The standard InChI is InChI=1S/C28H38N8O4S/c1-8-27(37)31-21-17-22(25(40-7)18-24(21)35(6)16-15-34(4)5)32-28-29-14-13-26(33-28)30-20-11-9-10-12-23(20)36(19(2)3)41(38)39/h8-14,17-19H,1,15-16H2,2-7H3,(H,31,37)(H,38,39)(H2,29,30,32,33). The minimum atomic E-state index is -2.21. The van der Waals surface area contributed by atoms with Gasteiger partial charge in [-0.3, -0.25) is 13.7 Å². The molecule has 0 saturated carbocycles. The maximum Gasteiger partial charge on any atom is 0.262 e. The van der Waals surface area contributed by atoms with Crippen LogP contribution in [0.15, 0.2) is 61.3 Å². The van der Waals surface area contributed by atoms with Crippen LogP contribution in [0.5, 0.6) is 5.75 Å². The Morgan fingerprint density at radius 1 is 1.07 bits per heavy atom. The number of nitrogens with one attached hydrogen (secondary N) is 3. The molecule has 4 N–H and O–H groups in total. The highest BCUT2D eigenvalue weighted by Crippen LogP contribution is 2.38. The van der Waals surface area contributed by atoms with E-state index in [9.17, 15) is 13.6 Å². The lowest BCUT2D eigenvalue weighted by molar-refractivity contribution is -0.111. The van der Waals surface area contributed by atoms with Crippen molar-refractivity contribution in [1.29, 1.82) is 0 Å². The number of hydrogen-bond acceptors (Lipinski definition) is 9. The molecule has 1 amide bonds. The lowest BCUT2D eigenvalue weighted by Crippen LogP contribution is -2.32. The third-order valence-corrected chi connectivity index (χ3v) is 6.95. The molecule has 41 heavy (non-hydrogen) atoms. The van der Waals surface area contributed by atoms with Gasteiger partial charge in [-0.15, -0.1) is 0 Å². The van der Waals surface area contributed by atoms with Crippen LogP contribution in [0.25, 0.3) is 0 Å². The first-order valence-corrected chi connectivity index (χ1v) is 14.0. The Kier molecular flexibility index (Phi) is 11.0. The number of ether oxygens (including phenoxy) is 1. The number of nitrogens with zero attached hydrogens (tertiary/aromatic N) is 5. The molecule has 0 saturated heterocycles. The number of likely N-dealkylation sites (N-methyl/N-ethyl adjacent to an activating group) is 2. The Morgan fingerprint density at radius 2 is 1.80 bits per heavy atom. The molecule has 220 valence electrons. The van der Waals surface area contributed by atoms with Gasteiger partial charge in [0, 0.05) is 38.4 Å². The van der Waals surface area contributed by atoms with Crippen LogP contribution in [0.3, 0.4) is 0 Å². The SMILES string of the molecule is C=CC(=O)Nc1cc(Nc2nccc(Nc3ccccc3N(C(C)C)S(=O)O)n2)c(OC)cc1N(C)CCN(C)C. The number of anilines is 7. The van der Waals surface area contributed by atoms with Crippen molar-refractivity contribution >= 4 is 57.4 Å². The van der Waals surface area contributed by atoms with Crippen LogP contribution in [-0.4, -0.2) is 76.9 Å². The number of rotatable bonds is 14. The summed E-state index contributed by atoms with van der Waals surface area (Å²) in [6.45, 7) is 8.76. The maximum atomic E-state index is 12.2. The molecule has 1 aromatic heterocycles. The van der Waals surface area contributed by atoms with Crippen LogP contribution in [-0.2, 0) is 16.1 Å². The van der Waals surface area contributed by atoms with E-state index in [2.05, 4.69) is 37.4 Å². The van der Waals surface area contributed by atoms with E-state index in [-0.39, 0.29) is 17.9 Å². The van der Waals surface area contributed by atoms with Gasteiger partial charge in [0.2, 0.25) is 11.9 Å². The van der Waals surface area contributed by atoms with Crippen molar-refractivity contribution in [3.05, 3.63) is 61.3 Å². The Labute approximate surface area is 243 Å². The molecule has 0 spiro atoms. The molecule has 2 aromatic carbocycles. The van der Waals surface area contributed by atoms with E-state index in [1.807, 2.05) is 52.0 Å². The molecule has 0 aliphatic heterocycles. The molecule has 0 bridgehead atoms. The summed E-state index contributed by atoms with van der Waals surface area (Å²) in [6.07, 6.45) is 2.80. The summed E-state index contributed by atoms with van der Waals surface area (Å²) < 4.78 is 29.0. The molecule has 0 radical (unpaired) electrons. The smallest absolute Gasteiger partial charge is 0.262 e. The lowest BCUT2D eigenvalue weighted by atomic mass is 10.2. The number of methoxy groups -OCH3 is 1. The highest BCUT2D eigenvalue weighted by molar-refractivity contribution is 7.80. The van der Waals surface area contributed by atoms with Gasteiger partial charge < -0.3 is 30.5 Å². The summed E-state index contributed by atoms with van der Waals surface area (Å²) in [4.78, 5) is 25.3. The van der Waals surface area contributed by atoms with Gasteiger partial charge in [0.1, 0.15) is 11.6 Å². The van der Waals surface area contributed by atoms with Crippen LogP contribution >= 0.6 is 0 Å². The van der Waals surface area contributed by atoms with Crippen molar-refractivity contribution in [2.45, 2.75) is 19.9 Å². The van der Waals surface area contributed by atoms with Gasteiger partial charge in [-0.1, -0.05) is 18.7 Å². The van der Waals surface area contributed by atoms with Gasteiger partial charge in [0.05, 0.1) is 35.5 Å². The maximum absolute atomic E-state index is 12.2. The number of carbonyl (C=O) groups excluding carboxylic acids is 1. The van der Waals surface area contributed by atoms with Crippen LogP contribution < -0.4 is 29.9 Å². The first-order valence-electron chi connectivity index (χ1n) is 12.9. The van der Waals surface area contributed by atoms with Crippen LogP contribution in [0.4, 0.5) is 40.2 Å². The Hall–Kier alpha value is -4.20. The minimum Gasteiger partial charge on any atom is -0.494 e. The lowest BCUT2D eigenvalue weighted by Gasteiger charge is -2.26. The van der Waals surface area contributed by atoms with Crippen LogP contribution in [0, 0.1) is 0 Å². The molecule has 1 unspecified atom stereocenters. The number of hydrogen-bond donors (Lipinski definition) is 4. The number of carbonyl (C=O) groups is 1. The quantitative estimate of drug-likeness (QED) is 0.160. The summed E-state index contributed by atoms with van der Waals surface area (Å²) in [5.41, 5.74) is 3.03. The Morgan fingerprint density at radius 3 is 2.44 bits per heavy atom. The highest BCUT2D eigenvalue weighted by Gasteiger charge is 2.20. The number of para-hydroxylation sites is 2. The molecule has 0 fully saturated rings. The predicted molar refractivity (Wildman–Crippen MR) is 167 cm³/mol. The van der Waals surface area contributed by atoms with Crippen molar-refractivity contribution < 1.29 is 18.3 Å². The van der Waals surface area contributed by atoms with E-state index < -0.39 is 11.3 Å². The topological polar surface area (TPSA) is 135 Å². The van der Waals surface area contributed by atoms with Gasteiger partial charge in [0.15, 0.2) is 0 Å². The van der Waals surface area contributed by atoms with E-state index in [0.717, 1.165) is 18.8 Å². The molecule has 13 heteroatoms. The normalized spacial score (nSPS) is 11.6. The molecule has 1 heterocycles. The fourth-order valence-electron chi connectivity index (χ4n) is 3.97. The van der Waals surface area contributed by atoms with Gasteiger partial charge in [-0.2, -0.15) is 4.98 Å². The molecule has 1 atom stereocenters. The van der Waals surface area contributed by atoms with Crippen LogP contribution in [0.2, 0.25) is 0 Å². The average molecular weight is 583 g/mol. The fourth-order valence-corrected chi connectivity index (χ4v) is 4.66. The zero-order valence-corrected chi connectivity index (χ0v) is 25.0.